The van der Waals surface area contributed by atoms with Gasteiger partial charge in [0.05, 0.1) is 7.11 Å². The summed E-state index contributed by atoms with van der Waals surface area (Å²) in [5.74, 6) is 0.254. The fraction of sp³-hybridized carbons (Fsp3) is 0.214. The number of nitriles is 1. The van der Waals surface area contributed by atoms with Crippen LogP contribution in [0.25, 0.3) is 0 Å². The average molecular weight is 288 g/mol. The van der Waals surface area contributed by atoms with Gasteiger partial charge in [0, 0.05) is 6.54 Å². The zero-order valence-electron chi connectivity index (χ0n) is 11.6. The van der Waals surface area contributed by atoms with E-state index in [2.05, 4.69) is 15.3 Å². The minimum absolute atomic E-state index is 0.0666. The minimum Gasteiger partial charge on any atom is -0.489 e. The minimum atomic E-state index is -0.657. The Kier molecular flexibility index (Phi) is 4.51. The summed E-state index contributed by atoms with van der Waals surface area (Å²) in [6.45, 7) is 2.54. The Hall–Kier alpha value is -2.88. The summed E-state index contributed by atoms with van der Waals surface area (Å²) >= 11 is 0. The lowest BCUT2D eigenvalue weighted by Gasteiger charge is -2.13. The van der Waals surface area contributed by atoms with Crippen LogP contribution >= 0.6 is 0 Å². The number of nitrogens with one attached hydrogen (secondary N) is 1. The Balaban J connectivity index is 2.43. The van der Waals surface area contributed by atoms with Gasteiger partial charge in [-0.1, -0.05) is 6.07 Å². The van der Waals surface area contributed by atoms with E-state index >= 15 is 0 Å². The SMILES string of the molecule is CCNc1ncnc(Oc2cccc(F)c2C#N)c1OC. The number of nitrogens with zero attached hydrogens (tertiary/aromatic N) is 3. The van der Waals surface area contributed by atoms with Crippen molar-refractivity contribution in [1.82, 2.24) is 9.97 Å². The number of anilines is 1. The Bertz CT molecular complexity index is 685. The Morgan fingerprint density at radius 1 is 1.38 bits per heavy atom. The van der Waals surface area contributed by atoms with Crippen LogP contribution in [-0.4, -0.2) is 23.6 Å². The number of methoxy groups -OCH3 is 1. The highest BCUT2D eigenvalue weighted by atomic mass is 19.1. The third-order valence-electron chi connectivity index (χ3n) is 2.61. The van der Waals surface area contributed by atoms with Crippen LogP contribution in [0.5, 0.6) is 17.4 Å². The molecule has 0 unspecified atom stereocenters. The van der Waals surface area contributed by atoms with Gasteiger partial charge in [-0.15, -0.1) is 0 Å². The lowest BCUT2D eigenvalue weighted by molar-refractivity contribution is 0.367. The van der Waals surface area contributed by atoms with Crippen molar-refractivity contribution in [1.29, 1.82) is 5.26 Å². The first-order chi connectivity index (χ1) is 10.2. The first kappa shape index (κ1) is 14.5. The topological polar surface area (TPSA) is 80.1 Å². The third kappa shape index (κ3) is 3.00. The van der Waals surface area contributed by atoms with Crippen molar-refractivity contribution in [2.45, 2.75) is 6.92 Å². The molecule has 0 saturated carbocycles. The summed E-state index contributed by atoms with van der Waals surface area (Å²) < 4.78 is 24.3. The Morgan fingerprint density at radius 2 is 2.19 bits per heavy atom. The van der Waals surface area contributed by atoms with Crippen LogP contribution in [0, 0.1) is 17.1 Å². The van der Waals surface area contributed by atoms with E-state index in [1.807, 2.05) is 6.92 Å². The molecule has 1 aromatic carbocycles. The summed E-state index contributed by atoms with van der Waals surface area (Å²) in [7, 11) is 1.45. The number of benzene rings is 1. The van der Waals surface area contributed by atoms with Gasteiger partial charge in [-0.05, 0) is 19.1 Å². The second-order valence-electron chi connectivity index (χ2n) is 3.92. The van der Waals surface area contributed by atoms with Crippen molar-refractivity contribution in [3.05, 3.63) is 35.9 Å². The quantitative estimate of drug-likeness (QED) is 0.911. The predicted molar refractivity (Wildman–Crippen MR) is 73.9 cm³/mol. The molecule has 0 saturated heterocycles. The highest BCUT2D eigenvalue weighted by molar-refractivity contribution is 5.56. The molecule has 6 nitrogen and oxygen atoms in total. The van der Waals surface area contributed by atoms with E-state index < -0.39 is 5.82 Å². The molecule has 0 bridgehead atoms. The molecule has 0 fully saturated rings. The van der Waals surface area contributed by atoms with Crippen LogP contribution in [0.3, 0.4) is 0 Å². The van der Waals surface area contributed by atoms with E-state index in [4.69, 9.17) is 14.7 Å². The first-order valence-electron chi connectivity index (χ1n) is 6.20. The van der Waals surface area contributed by atoms with Gasteiger partial charge < -0.3 is 14.8 Å². The summed E-state index contributed by atoms with van der Waals surface area (Å²) in [5, 5.41) is 12.0. The maximum Gasteiger partial charge on any atom is 0.268 e. The van der Waals surface area contributed by atoms with Crippen molar-refractivity contribution < 1.29 is 13.9 Å². The van der Waals surface area contributed by atoms with E-state index in [0.717, 1.165) is 0 Å². The summed E-state index contributed by atoms with van der Waals surface area (Å²) in [6.07, 6.45) is 1.29. The number of halogens is 1. The molecule has 1 N–H and O–H groups in total. The largest absolute Gasteiger partial charge is 0.489 e. The zero-order chi connectivity index (χ0) is 15.2. The zero-order valence-corrected chi connectivity index (χ0v) is 11.6. The molecule has 2 rings (SSSR count). The molecule has 0 amide bonds. The Labute approximate surface area is 121 Å². The number of aromatic nitrogens is 2. The van der Waals surface area contributed by atoms with Crippen LogP contribution in [0.15, 0.2) is 24.5 Å². The van der Waals surface area contributed by atoms with Crippen molar-refractivity contribution in [2.75, 3.05) is 19.0 Å². The molecule has 1 aromatic heterocycles. The molecule has 7 heteroatoms. The van der Waals surface area contributed by atoms with Crippen molar-refractivity contribution >= 4 is 5.82 Å². The lowest BCUT2D eigenvalue weighted by Crippen LogP contribution is -2.04. The van der Waals surface area contributed by atoms with E-state index in [-0.39, 0.29) is 22.9 Å². The Morgan fingerprint density at radius 3 is 2.86 bits per heavy atom. The fourth-order valence-electron chi connectivity index (χ4n) is 1.71. The normalized spacial score (nSPS) is 9.81. The maximum absolute atomic E-state index is 13.6. The fourth-order valence-corrected chi connectivity index (χ4v) is 1.71. The molecule has 0 aliphatic carbocycles. The summed E-state index contributed by atoms with van der Waals surface area (Å²) in [4.78, 5) is 8.00. The maximum atomic E-state index is 13.6. The molecule has 1 heterocycles. The molecule has 0 atom stereocenters. The van der Waals surface area contributed by atoms with Gasteiger partial charge in [0.2, 0.25) is 5.75 Å². The van der Waals surface area contributed by atoms with Crippen molar-refractivity contribution in [2.24, 2.45) is 0 Å². The second-order valence-corrected chi connectivity index (χ2v) is 3.92. The van der Waals surface area contributed by atoms with Gasteiger partial charge in [-0.2, -0.15) is 10.2 Å². The van der Waals surface area contributed by atoms with Crippen LogP contribution in [-0.2, 0) is 0 Å². The van der Waals surface area contributed by atoms with Gasteiger partial charge >= 0.3 is 0 Å². The number of hydrogen-bond donors (Lipinski definition) is 1. The lowest BCUT2D eigenvalue weighted by atomic mass is 10.2. The monoisotopic (exact) mass is 288 g/mol. The van der Waals surface area contributed by atoms with Crippen LogP contribution in [0.4, 0.5) is 10.2 Å². The van der Waals surface area contributed by atoms with Gasteiger partial charge in [0.15, 0.2) is 5.82 Å². The molecule has 21 heavy (non-hydrogen) atoms. The van der Waals surface area contributed by atoms with Crippen molar-refractivity contribution in [3.8, 4) is 23.4 Å². The predicted octanol–water partition coefficient (Wildman–Crippen LogP) is 2.72. The molecule has 2 aromatic rings. The summed E-state index contributed by atoms with van der Waals surface area (Å²) in [5.41, 5.74) is -0.192. The smallest absolute Gasteiger partial charge is 0.268 e. The first-order valence-corrected chi connectivity index (χ1v) is 6.20. The van der Waals surface area contributed by atoms with Crippen LogP contribution in [0.2, 0.25) is 0 Å². The van der Waals surface area contributed by atoms with E-state index in [0.29, 0.717) is 12.4 Å². The van der Waals surface area contributed by atoms with Gasteiger partial charge in [0.25, 0.3) is 5.88 Å². The number of ether oxygens (including phenoxy) is 2. The molecule has 0 aliphatic heterocycles. The molecular formula is C14H13FN4O2. The summed E-state index contributed by atoms with van der Waals surface area (Å²) in [6, 6.07) is 5.88. The third-order valence-corrected chi connectivity index (χ3v) is 2.61. The van der Waals surface area contributed by atoms with Crippen LogP contribution in [0.1, 0.15) is 12.5 Å². The van der Waals surface area contributed by atoms with Gasteiger partial charge in [-0.25, -0.2) is 9.37 Å². The van der Waals surface area contributed by atoms with E-state index in [1.165, 1.54) is 31.6 Å². The molecular weight excluding hydrogens is 275 g/mol. The van der Waals surface area contributed by atoms with E-state index in [1.54, 1.807) is 6.07 Å². The highest BCUT2D eigenvalue weighted by Crippen LogP contribution is 2.35. The van der Waals surface area contributed by atoms with E-state index in [9.17, 15) is 4.39 Å². The molecule has 0 spiro atoms. The standard InChI is InChI=1S/C14H13FN4O2/c1-3-17-13-12(20-2)14(19-8-18-13)21-11-6-4-5-10(15)9(11)7-16/h4-6,8H,3H2,1-2H3,(H,17,18,19). The van der Waals surface area contributed by atoms with Gasteiger partial charge in [0.1, 0.15) is 29.5 Å². The average Bonchev–Trinajstić information content (AvgIpc) is 2.48. The van der Waals surface area contributed by atoms with Crippen molar-refractivity contribution in [3.63, 3.8) is 0 Å². The molecule has 108 valence electrons. The molecule has 0 radical (unpaired) electrons. The number of hydrogen-bond acceptors (Lipinski definition) is 6. The molecule has 0 aliphatic rings. The second kappa shape index (κ2) is 6.52. The highest BCUT2D eigenvalue weighted by Gasteiger charge is 2.16. The van der Waals surface area contributed by atoms with Gasteiger partial charge in [-0.3, -0.25) is 0 Å². The number of rotatable bonds is 5. The van der Waals surface area contributed by atoms with Crippen LogP contribution < -0.4 is 14.8 Å².